The summed E-state index contributed by atoms with van der Waals surface area (Å²) in [7, 11) is -4.74. The van der Waals surface area contributed by atoms with Crippen molar-refractivity contribution in [2.45, 2.75) is 180 Å². The molecule has 0 aliphatic carbocycles. The molecule has 0 fully saturated rings. The molecular formula is C44H76NO11P. The normalized spacial score (nSPS) is 14.9. The maximum atomic E-state index is 12.6. The zero-order valence-electron chi connectivity index (χ0n) is 35.0. The van der Waals surface area contributed by atoms with Crippen molar-refractivity contribution in [2.24, 2.45) is 5.73 Å². The van der Waals surface area contributed by atoms with Crippen molar-refractivity contribution >= 4 is 25.7 Å². The number of carbonyl (C=O) groups is 3. The van der Waals surface area contributed by atoms with E-state index in [2.05, 4.69) is 48.8 Å². The summed E-state index contributed by atoms with van der Waals surface area (Å²) in [6.45, 7) is 2.51. The molecule has 0 aliphatic rings. The highest BCUT2D eigenvalue weighted by molar-refractivity contribution is 7.47. The van der Waals surface area contributed by atoms with Gasteiger partial charge in [0.1, 0.15) is 12.6 Å². The fourth-order valence-corrected chi connectivity index (χ4v) is 6.20. The number of esters is 2. The van der Waals surface area contributed by atoms with Gasteiger partial charge in [-0.2, -0.15) is 0 Å². The van der Waals surface area contributed by atoms with Crippen LogP contribution in [0.1, 0.15) is 162 Å². The van der Waals surface area contributed by atoms with Gasteiger partial charge >= 0.3 is 25.7 Å². The molecule has 0 radical (unpaired) electrons. The molecule has 0 heterocycles. The fourth-order valence-electron chi connectivity index (χ4n) is 5.42. The van der Waals surface area contributed by atoms with E-state index in [1.807, 2.05) is 24.3 Å². The zero-order valence-corrected chi connectivity index (χ0v) is 35.9. The Bertz CT molecular complexity index is 1220. The van der Waals surface area contributed by atoms with Gasteiger partial charge in [0.05, 0.1) is 19.3 Å². The molecule has 0 amide bonds. The molecule has 0 saturated carbocycles. The Hall–Kier alpha value is -2.86. The van der Waals surface area contributed by atoms with Crippen molar-refractivity contribution in [2.75, 3.05) is 19.8 Å². The smallest absolute Gasteiger partial charge is 0.472 e. The van der Waals surface area contributed by atoms with Gasteiger partial charge in [-0.05, 0) is 70.6 Å². The van der Waals surface area contributed by atoms with E-state index in [9.17, 15) is 28.9 Å². The topological polar surface area (TPSA) is 192 Å². The van der Waals surface area contributed by atoms with Gasteiger partial charge in [0.2, 0.25) is 0 Å². The fraction of sp³-hybridized carbons (Fsp3) is 0.705. The lowest BCUT2D eigenvalue weighted by atomic mass is 10.1. The Morgan fingerprint density at radius 3 is 1.79 bits per heavy atom. The number of nitrogens with two attached hydrogens (primary N) is 1. The molecule has 328 valence electrons. The van der Waals surface area contributed by atoms with Crippen LogP contribution in [0.3, 0.4) is 0 Å². The van der Waals surface area contributed by atoms with Crippen molar-refractivity contribution in [3.05, 3.63) is 60.8 Å². The van der Waals surface area contributed by atoms with Crippen LogP contribution in [-0.2, 0) is 37.5 Å². The predicted molar refractivity (Wildman–Crippen MR) is 227 cm³/mol. The molecule has 0 saturated heterocycles. The Labute approximate surface area is 343 Å². The highest BCUT2D eigenvalue weighted by Crippen LogP contribution is 2.43. The minimum absolute atomic E-state index is 0.135. The molecule has 0 aromatic carbocycles. The summed E-state index contributed by atoms with van der Waals surface area (Å²) in [6, 6.07) is -1.54. The molecule has 0 rings (SSSR count). The van der Waals surface area contributed by atoms with Gasteiger partial charge < -0.3 is 30.3 Å². The predicted octanol–water partition coefficient (Wildman–Crippen LogP) is 10.1. The van der Waals surface area contributed by atoms with Crippen LogP contribution in [-0.4, -0.2) is 71.1 Å². The molecule has 12 nitrogen and oxygen atoms in total. The van der Waals surface area contributed by atoms with E-state index in [4.69, 9.17) is 24.8 Å². The highest BCUT2D eigenvalue weighted by Gasteiger charge is 2.28. The van der Waals surface area contributed by atoms with Crippen LogP contribution in [0.25, 0.3) is 0 Å². The minimum atomic E-state index is -4.74. The number of aliphatic hydroxyl groups excluding tert-OH is 1. The lowest BCUT2D eigenvalue weighted by Gasteiger charge is -2.20. The molecule has 4 atom stereocenters. The van der Waals surface area contributed by atoms with Crippen molar-refractivity contribution in [3.63, 3.8) is 0 Å². The van der Waals surface area contributed by atoms with Crippen LogP contribution in [0.4, 0.5) is 0 Å². The van der Waals surface area contributed by atoms with Crippen LogP contribution in [0, 0.1) is 0 Å². The summed E-state index contributed by atoms with van der Waals surface area (Å²) >= 11 is 0. The van der Waals surface area contributed by atoms with Crippen LogP contribution in [0.5, 0.6) is 0 Å². The molecule has 13 heteroatoms. The van der Waals surface area contributed by atoms with E-state index < -0.39 is 57.2 Å². The molecule has 0 bridgehead atoms. The largest absolute Gasteiger partial charge is 0.480 e. The summed E-state index contributed by atoms with van der Waals surface area (Å²) in [4.78, 5) is 45.9. The van der Waals surface area contributed by atoms with Crippen molar-refractivity contribution in [1.82, 2.24) is 0 Å². The molecular weight excluding hydrogens is 749 g/mol. The van der Waals surface area contributed by atoms with E-state index in [0.717, 1.165) is 83.5 Å². The van der Waals surface area contributed by atoms with Crippen molar-refractivity contribution in [3.8, 4) is 0 Å². The first-order chi connectivity index (χ1) is 27.5. The summed E-state index contributed by atoms with van der Waals surface area (Å²) in [5, 5.41) is 18.7. The third kappa shape index (κ3) is 38.4. The summed E-state index contributed by atoms with van der Waals surface area (Å²) in [6.07, 6.45) is 40.4. The Balaban J connectivity index is 4.46. The first-order valence-electron chi connectivity index (χ1n) is 21.4. The molecule has 0 aromatic rings. The average Bonchev–Trinajstić information content (AvgIpc) is 3.18. The van der Waals surface area contributed by atoms with Gasteiger partial charge in [-0.25, -0.2) is 4.57 Å². The molecule has 0 aliphatic heterocycles. The van der Waals surface area contributed by atoms with Crippen LogP contribution >= 0.6 is 7.82 Å². The minimum Gasteiger partial charge on any atom is -0.480 e. The number of phosphoric acid groups is 1. The number of unbranched alkanes of at least 4 members (excludes halogenated alkanes) is 15. The van der Waals surface area contributed by atoms with Crippen LogP contribution < -0.4 is 5.73 Å². The van der Waals surface area contributed by atoms with E-state index in [1.54, 1.807) is 6.08 Å². The molecule has 2 unspecified atom stereocenters. The summed E-state index contributed by atoms with van der Waals surface area (Å²) in [5.41, 5.74) is 5.32. The number of hydrogen-bond donors (Lipinski definition) is 4. The number of aliphatic carboxylic acids is 1. The second-order valence-corrected chi connectivity index (χ2v) is 15.7. The quantitative estimate of drug-likeness (QED) is 0.0151. The van der Waals surface area contributed by atoms with Crippen molar-refractivity contribution in [1.29, 1.82) is 0 Å². The number of hydrogen-bond acceptors (Lipinski definition) is 10. The molecule has 0 spiro atoms. The van der Waals surface area contributed by atoms with Gasteiger partial charge in [-0.15, -0.1) is 0 Å². The lowest BCUT2D eigenvalue weighted by molar-refractivity contribution is -0.161. The maximum Gasteiger partial charge on any atom is 0.472 e. The van der Waals surface area contributed by atoms with Crippen LogP contribution in [0.15, 0.2) is 60.8 Å². The molecule has 0 aromatic heterocycles. The van der Waals surface area contributed by atoms with Gasteiger partial charge in [-0.3, -0.25) is 23.4 Å². The van der Waals surface area contributed by atoms with Gasteiger partial charge in [0.15, 0.2) is 6.10 Å². The van der Waals surface area contributed by atoms with E-state index >= 15 is 0 Å². The van der Waals surface area contributed by atoms with E-state index in [0.29, 0.717) is 19.3 Å². The second kappa shape index (κ2) is 38.6. The summed E-state index contributed by atoms with van der Waals surface area (Å²) in [5.74, 6) is -2.46. The van der Waals surface area contributed by atoms with E-state index in [-0.39, 0.29) is 19.4 Å². The monoisotopic (exact) mass is 826 g/mol. The number of carboxylic acid groups (broad SMARTS) is 1. The number of allylic oxidation sites excluding steroid dienone is 8. The molecule has 57 heavy (non-hydrogen) atoms. The first kappa shape index (κ1) is 54.1. The number of carboxylic acids is 1. The third-order valence-electron chi connectivity index (χ3n) is 8.83. The van der Waals surface area contributed by atoms with Crippen molar-refractivity contribution < 1.29 is 52.6 Å². The second-order valence-electron chi connectivity index (χ2n) is 14.3. The van der Waals surface area contributed by atoms with E-state index in [1.165, 1.54) is 32.1 Å². The van der Waals surface area contributed by atoms with Gasteiger partial charge in [0.25, 0.3) is 0 Å². The number of phosphoric ester groups is 1. The number of rotatable bonds is 39. The van der Waals surface area contributed by atoms with Gasteiger partial charge in [-0.1, -0.05) is 139 Å². The Kier molecular flexibility index (Phi) is 36.7. The van der Waals surface area contributed by atoms with Crippen LogP contribution in [0.2, 0.25) is 0 Å². The zero-order chi connectivity index (χ0) is 42.2. The SMILES string of the molecule is CC/C=C/CC(O)/C=C/C=C/CCCCCCCC(=O)OC[C@H](COP(=O)(O)OC[C@H](N)C(=O)O)OC(=O)CCCCCCCCC/C=C\C/C=C\CCCCC. The third-order valence-corrected chi connectivity index (χ3v) is 9.78. The number of carbonyl (C=O) groups excluding carboxylic acids is 2. The first-order valence-corrected chi connectivity index (χ1v) is 22.9. The number of aliphatic hydroxyl groups is 1. The Morgan fingerprint density at radius 2 is 1.19 bits per heavy atom. The standard InChI is InChI=1S/C44H76NO11P/c1-3-5-7-8-9-10-11-12-13-14-15-16-17-20-24-27-31-35-43(48)56-40(37-54-57(51,52)55-38-41(45)44(49)50)36-53-42(47)34-30-26-23-21-18-19-22-25-29-33-39(46)32-28-6-4-2/h6,9-10,12-13,22,25,28-29,33,39-41,46H,3-5,7-8,11,14-21,23-24,26-27,30-32,34-38,45H2,1-2H3,(H,49,50)(H,51,52)/b10-9-,13-12-,25-22+,28-6+,33-29+/t39?,40-,41+/m1/s1. The maximum absolute atomic E-state index is 12.6. The molecule has 5 N–H and O–H groups in total. The lowest BCUT2D eigenvalue weighted by Crippen LogP contribution is -2.34. The average molecular weight is 826 g/mol. The van der Waals surface area contributed by atoms with Gasteiger partial charge in [0, 0.05) is 12.8 Å². The highest BCUT2D eigenvalue weighted by atomic mass is 31.2. The summed E-state index contributed by atoms with van der Waals surface area (Å²) < 4.78 is 32.6. The Morgan fingerprint density at radius 1 is 0.649 bits per heavy atom. The number of ether oxygens (including phenoxy) is 2.